The van der Waals surface area contributed by atoms with Gasteiger partial charge in [-0.2, -0.15) is 0 Å². The average Bonchev–Trinajstić information content (AvgIpc) is 2.72. The van der Waals surface area contributed by atoms with Gasteiger partial charge in [0.15, 0.2) is 0 Å². The minimum Gasteiger partial charge on any atom is -0.379 e. The van der Waals surface area contributed by atoms with Crippen LogP contribution in [0.2, 0.25) is 0 Å². The van der Waals surface area contributed by atoms with E-state index in [1.807, 2.05) is 4.90 Å². The zero-order valence-electron chi connectivity index (χ0n) is 12.4. The first-order chi connectivity index (χ1) is 9.08. The molecule has 0 spiro atoms. The number of nitrogens with one attached hydrogen (secondary N) is 1. The molecule has 110 valence electrons. The van der Waals surface area contributed by atoms with Crippen molar-refractivity contribution in [1.82, 2.24) is 15.1 Å². The lowest BCUT2D eigenvalue weighted by molar-refractivity contribution is -0.131. The quantitative estimate of drug-likeness (QED) is 0.780. The van der Waals surface area contributed by atoms with Gasteiger partial charge in [-0.1, -0.05) is 13.8 Å². The molecule has 2 rings (SSSR count). The van der Waals surface area contributed by atoms with Gasteiger partial charge in [0.05, 0.1) is 19.3 Å². The van der Waals surface area contributed by atoms with E-state index in [-0.39, 0.29) is 11.9 Å². The van der Waals surface area contributed by atoms with Crippen molar-refractivity contribution in [2.24, 2.45) is 0 Å². The van der Waals surface area contributed by atoms with E-state index >= 15 is 0 Å². The standard InChI is InChI=1S/C14H27N3O2/c1-11(2)15-13-4-5-17(14(13)18)12(3)10-16-6-8-19-9-7-16/h11-13,15H,4-10H2,1-3H3. The molecule has 0 aromatic heterocycles. The van der Waals surface area contributed by atoms with Crippen molar-refractivity contribution in [3.05, 3.63) is 0 Å². The second-order valence-electron chi connectivity index (χ2n) is 5.96. The van der Waals surface area contributed by atoms with Crippen molar-refractivity contribution in [2.75, 3.05) is 39.4 Å². The summed E-state index contributed by atoms with van der Waals surface area (Å²) in [5, 5.41) is 3.36. The predicted octanol–water partition coefficient (Wildman–Crippen LogP) is 0.306. The van der Waals surface area contributed by atoms with Gasteiger partial charge in [-0.15, -0.1) is 0 Å². The van der Waals surface area contributed by atoms with Crippen LogP contribution in [0.15, 0.2) is 0 Å². The van der Waals surface area contributed by atoms with Crippen molar-refractivity contribution in [1.29, 1.82) is 0 Å². The largest absolute Gasteiger partial charge is 0.379 e. The number of likely N-dealkylation sites (tertiary alicyclic amines) is 1. The summed E-state index contributed by atoms with van der Waals surface area (Å²) >= 11 is 0. The van der Waals surface area contributed by atoms with E-state index in [1.165, 1.54) is 0 Å². The summed E-state index contributed by atoms with van der Waals surface area (Å²) in [7, 11) is 0. The first-order valence-electron chi connectivity index (χ1n) is 7.44. The molecule has 5 heteroatoms. The predicted molar refractivity (Wildman–Crippen MR) is 75.1 cm³/mol. The SMILES string of the molecule is CC(C)NC1CCN(C(C)CN2CCOCC2)C1=O. The minimum absolute atomic E-state index is 0.0205. The molecule has 2 unspecified atom stereocenters. The summed E-state index contributed by atoms with van der Waals surface area (Å²) < 4.78 is 5.36. The maximum Gasteiger partial charge on any atom is 0.240 e. The lowest BCUT2D eigenvalue weighted by Crippen LogP contribution is -2.49. The second kappa shape index (κ2) is 6.68. The van der Waals surface area contributed by atoms with Crippen molar-refractivity contribution in [3.8, 4) is 0 Å². The normalized spacial score (nSPS) is 27.3. The molecule has 19 heavy (non-hydrogen) atoms. The van der Waals surface area contributed by atoms with E-state index in [0.29, 0.717) is 12.1 Å². The Labute approximate surface area is 116 Å². The van der Waals surface area contributed by atoms with Crippen LogP contribution in [-0.2, 0) is 9.53 Å². The van der Waals surface area contributed by atoms with E-state index in [1.54, 1.807) is 0 Å². The summed E-state index contributed by atoms with van der Waals surface area (Å²) in [6.07, 6.45) is 0.935. The first kappa shape index (κ1) is 14.8. The molecule has 0 aliphatic carbocycles. The third-order valence-corrected chi connectivity index (χ3v) is 3.93. The van der Waals surface area contributed by atoms with Gasteiger partial charge in [0.2, 0.25) is 5.91 Å². The van der Waals surface area contributed by atoms with Crippen LogP contribution in [0.4, 0.5) is 0 Å². The zero-order valence-corrected chi connectivity index (χ0v) is 12.4. The van der Waals surface area contributed by atoms with Crippen molar-refractivity contribution in [2.45, 2.75) is 45.3 Å². The molecular formula is C14H27N3O2. The van der Waals surface area contributed by atoms with Crippen molar-refractivity contribution in [3.63, 3.8) is 0 Å². The number of hydrogen-bond acceptors (Lipinski definition) is 4. The van der Waals surface area contributed by atoms with Crippen LogP contribution in [0.1, 0.15) is 27.2 Å². The summed E-state index contributed by atoms with van der Waals surface area (Å²) in [6, 6.07) is 0.681. The maximum atomic E-state index is 12.3. The Morgan fingerprint density at radius 3 is 2.58 bits per heavy atom. The number of carbonyl (C=O) groups excluding carboxylic acids is 1. The lowest BCUT2D eigenvalue weighted by Gasteiger charge is -2.33. The van der Waals surface area contributed by atoms with Gasteiger partial charge in [-0.05, 0) is 13.3 Å². The third-order valence-electron chi connectivity index (χ3n) is 3.93. The molecule has 0 radical (unpaired) electrons. The molecule has 2 heterocycles. The van der Waals surface area contributed by atoms with Crippen LogP contribution < -0.4 is 5.32 Å². The Morgan fingerprint density at radius 1 is 1.26 bits per heavy atom. The number of rotatable bonds is 5. The Bertz CT molecular complexity index is 303. The minimum atomic E-state index is 0.0205. The van der Waals surface area contributed by atoms with Gasteiger partial charge in [0.25, 0.3) is 0 Å². The summed E-state index contributed by atoms with van der Waals surface area (Å²) in [5.41, 5.74) is 0. The molecule has 2 fully saturated rings. The van der Waals surface area contributed by atoms with E-state index in [2.05, 4.69) is 31.0 Å². The Hall–Kier alpha value is -0.650. The highest BCUT2D eigenvalue weighted by atomic mass is 16.5. The molecule has 0 aromatic rings. The van der Waals surface area contributed by atoms with E-state index in [4.69, 9.17) is 4.74 Å². The number of morpholine rings is 1. The Kier molecular flexibility index (Phi) is 5.19. The number of amides is 1. The highest BCUT2D eigenvalue weighted by Gasteiger charge is 2.34. The monoisotopic (exact) mass is 269 g/mol. The summed E-state index contributed by atoms with van der Waals surface area (Å²) in [4.78, 5) is 16.8. The van der Waals surface area contributed by atoms with Gasteiger partial charge in [0, 0.05) is 38.3 Å². The zero-order chi connectivity index (χ0) is 13.8. The van der Waals surface area contributed by atoms with Crippen LogP contribution in [0.25, 0.3) is 0 Å². The first-order valence-corrected chi connectivity index (χ1v) is 7.44. The fourth-order valence-corrected chi connectivity index (χ4v) is 2.95. The molecule has 2 aliphatic heterocycles. The van der Waals surface area contributed by atoms with Crippen LogP contribution >= 0.6 is 0 Å². The molecule has 2 atom stereocenters. The van der Waals surface area contributed by atoms with Crippen molar-refractivity contribution < 1.29 is 9.53 Å². The van der Waals surface area contributed by atoms with E-state index < -0.39 is 0 Å². The fourth-order valence-electron chi connectivity index (χ4n) is 2.95. The molecule has 1 N–H and O–H groups in total. The van der Waals surface area contributed by atoms with Gasteiger partial charge >= 0.3 is 0 Å². The Balaban J connectivity index is 1.82. The molecule has 0 saturated carbocycles. The van der Waals surface area contributed by atoms with Crippen LogP contribution in [0.5, 0.6) is 0 Å². The molecule has 0 aromatic carbocycles. The van der Waals surface area contributed by atoms with Gasteiger partial charge in [-0.25, -0.2) is 0 Å². The smallest absolute Gasteiger partial charge is 0.240 e. The third kappa shape index (κ3) is 3.91. The van der Waals surface area contributed by atoms with Gasteiger partial charge < -0.3 is 15.0 Å². The maximum absolute atomic E-state index is 12.3. The fraction of sp³-hybridized carbons (Fsp3) is 0.929. The second-order valence-corrected chi connectivity index (χ2v) is 5.96. The molecule has 1 amide bonds. The number of carbonyl (C=O) groups is 1. The molecular weight excluding hydrogens is 242 g/mol. The van der Waals surface area contributed by atoms with E-state index in [9.17, 15) is 4.79 Å². The van der Waals surface area contributed by atoms with Crippen LogP contribution in [-0.4, -0.2) is 73.2 Å². The number of nitrogens with zero attached hydrogens (tertiary/aromatic N) is 2. The summed E-state index contributed by atoms with van der Waals surface area (Å²) in [6.45, 7) is 11.8. The molecule has 5 nitrogen and oxygen atoms in total. The molecule has 2 aliphatic rings. The average molecular weight is 269 g/mol. The van der Waals surface area contributed by atoms with Gasteiger partial charge in [-0.3, -0.25) is 9.69 Å². The summed E-state index contributed by atoms with van der Waals surface area (Å²) in [5.74, 6) is 0.273. The van der Waals surface area contributed by atoms with Crippen molar-refractivity contribution >= 4 is 5.91 Å². The molecule has 2 saturated heterocycles. The number of ether oxygens (including phenoxy) is 1. The topological polar surface area (TPSA) is 44.8 Å². The van der Waals surface area contributed by atoms with Crippen LogP contribution in [0, 0.1) is 0 Å². The van der Waals surface area contributed by atoms with E-state index in [0.717, 1.165) is 45.8 Å². The Morgan fingerprint density at radius 2 is 1.95 bits per heavy atom. The number of hydrogen-bond donors (Lipinski definition) is 1. The lowest BCUT2D eigenvalue weighted by atomic mass is 10.2. The highest BCUT2D eigenvalue weighted by Crippen LogP contribution is 2.16. The highest BCUT2D eigenvalue weighted by molar-refractivity contribution is 5.84. The molecule has 0 bridgehead atoms. The van der Waals surface area contributed by atoms with Gasteiger partial charge in [0.1, 0.15) is 0 Å². The van der Waals surface area contributed by atoms with Crippen LogP contribution in [0.3, 0.4) is 0 Å².